The van der Waals surface area contributed by atoms with Crippen LogP contribution in [0.25, 0.3) is 0 Å². The van der Waals surface area contributed by atoms with Gasteiger partial charge in [-0.25, -0.2) is 0 Å². The maximum Gasteiger partial charge on any atom is 4.00 e. The van der Waals surface area contributed by atoms with Crippen molar-refractivity contribution < 1.29 is 53.9 Å². The molecule has 0 heterocycles. The Bertz CT molecular complexity index is 4.14. The molecular formula is H12O6Pt+4. The minimum absolute atomic E-state index is 0. The minimum atomic E-state index is 0. The van der Waals surface area contributed by atoms with Crippen molar-refractivity contribution in [2.75, 3.05) is 0 Å². The topological polar surface area (TPSA) is 189 Å². The normalized spacial score (nSPS) is 0. The van der Waals surface area contributed by atoms with Gasteiger partial charge >= 0.3 is 21.1 Å². The monoisotopic (exact) mass is 303 g/mol. The van der Waals surface area contributed by atoms with E-state index in [-0.39, 0.29) is 53.9 Å². The quantitative estimate of drug-likeness (QED) is 0.414. The summed E-state index contributed by atoms with van der Waals surface area (Å²) in [5.41, 5.74) is 0. The molecule has 0 unspecified atom stereocenters. The van der Waals surface area contributed by atoms with Gasteiger partial charge in [0.1, 0.15) is 0 Å². The maximum absolute atomic E-state index is 0. The first-order valence-corrected chi connectivity index (χ1v) is 0. The molecular weight excluding hydrogens is 291 g/mol. The summed E-state index contributed by atoms with van der Waals surface area (Å²) < 4.78 is 0. The molecule has 0 radical (unpaired) electrons. The van der Waals surface area contributed by atoms with Crippen molar-refractivity contribution in [1.82, 2.24) is 0 Å². The van der Waals surface area contributed by atoms with E-state index in [0.29, 0.717) is 0 Å². The molecule has 0 bridgehead atoms. The SMILES string of the molecule is O.O.O.O.O.O.[Pt+4]. The van der Waals surface area contributed by atoms with E-state index in [1.54, 1.807) is 0 Å². The maximum atomic E-state index is 0. The molecule has 0 aromatic heterocycles. The standard InChI is InChI=1S/6H2O.Pt/h6*1H2;/q;;;;;;+4. The zero-order chi connectivity index (χ0) is 0. The smallest absolute Gasteiger partial charge is 0.412 e. The third kappa shape index (κ3) is 635. The van der Waals surface area contributed by atoms with Gasteiger partial charge in [0, 0.05) is 0 Å². The van der Waals surface area contributed by atoms with Gasteiger partial charge < -0.3 is 32.9 Å². The van der Waals surface area contributed by atoms with E-state index in [0.717, 1.165) is 0 Å². The van der Waals surface area contributed by atoms with Crippen LogP contribution in [0.15, 0.2) is 0 Å². The van der Waals surface area contributed by atoms with E-state index in [2.05, 4.69) is 0 Å². The summed E-state index contributed by atoms with van der Waals surface area (Å²) >= 11 is 0. The van der Waals surface area contributed by atoms with E-state index in [1.165, 1.54) is 0 Å². The van der Waals surface area contributed by atoms with Crippen LogP contribution in [-0.4, -0.2) is 32.9 Å². The third-order valence-corrected chi connectivity index (χ3v) is 0. The van der Waals surface area contributed by atoms with Gasteiger partial charge in [-0.1, -0.05) is 0 Å². The second-order valence-corrected chi connectivity index (χ2v) is 0. The summed E-state index contributed by atoms with van der Waals surface area (Å²) in [6.45, 7) is 0. The first-order chi connectivity index (χ1) is 0. The summed E-state index contributed by atoms with van der Waals surface area (Å²) in [6.07, 6.45) is 0. The fourth-order valence-corrected chi connectivity index (χ4v) is 0. The molecule has 0 fully saturated rings. The molecule has 0 aliphatic heterocycles. The Balaban J connectivity index is 0. The van der Waals surface area contributed by atoms with E-state index >= 15 is 0 Å². The van der Waals surface area contributed by atoms with E-state index < -0.39 is 0 Å². The molecule has 0 aromatic carbocycles. The van der Waals surface area contributed by atoms with Crippen LogP contribution in [0.3, 0.4) is 0 Å². The fraction of sp³-hybridized carbons (Fsp3) is 0. The van der Waals surface area contributed by atoms with Crippen LogP contribution in [0.2, 0.25) is 0 Å². The Morgan fingerprint density at radius 3 is 0.286 bits per heavy atom. The predicted molar refractivity (Wildman–Crippen MR) is 21.7 cm³/mol. The zero-order valence-corrected chi connectivity index (χ0v) is 5.59. The summed E-state index contributed by atoms with van der Waals surface area (Å²) in [6, 6.07) is 0. The first kappa shape index (κ1) is 1540. The Kier molecular flexibility index (Phi) is 210000. The van der Waals surface area contributed by atoms with E-state index in [9.17, 15) is 0 Å². The van der Waals surface area contributed by atoms with Crippen molar-refractivity contribution in [2.24, 2.45) is 0 Å². The van der Waals surface area contributed by atoms with Crippen molar-refractivity contribution in [3.8, 4) is 0 Å². The zero-order valence-electron chi connectivity index (χ0n) is 3.32. The molecule has 0 spiro atoms. The number of rotatable bonds is 0. The van der Waals surface area contributed by atoms with Gasteiger partial charge in [-0.3, -0.25) is 0 Å². The van der Waals surface area contributed by atoms with Crippen LogP contribution < -0.4 is 0 Å². The Hall–Kier alpha value is 0.448. The molecule has 7 heteroatoms. The average molecular weight is 303 g/mol. The molecule has 0 amide bonds. The average Bonchev–Trinajstić information content (AvgIpc) is 0. The summed E-state index contributed by atoms with van der Waals surface area (Å²) in [5, 5.41) is 0. The van der Waals surface area contributed by atoms with E-state index in [4.69, 9.17) is 0 Å². The molecule has 0 saturated heterocycles. The summed E-state index contributed by atoms with van der Waals surface area (Å²) in [7, 11) is 0. The van der Waals surface area contributed by atoms with Crippen molar-refractivity contribution in [1.29, 1.82) is 0 Å². The number of hydrogen-bond acceptors (Lipinski definition) is 0. The van der Waals surface area contributed by atoms with Crippen LogP contribution in [0, 0.1) is 0 Å². The predicted octanol–water partition coefficient (Wildman–Crippen LogP) is -4.95. The largest absolute Gasteiger partial charge is 4.00 e. The molecule has 0 aliphatic rings. The Labute approximate surface area is 54.6 Å². The molecule has 12 N–H and O–H groups in total. The van der Waals surface area contributed by atoms with Crippen molar-refractivity contribution >= 4 is 0 Å². The first-order valence-electron chi connectivity index (χ1n) is 0. The van der Waals surface area contributed by atoms with Crippen molar-refractivity contribution in [3.63, 3.8) is 0 Å². The van der Waals surface area contributed by atoms with Gasteiger partial charge in [-0.15, -0.1) is 0 Å². The van der Waals surface area contributed by atoms with Crippen molar-refractivity contribution in [3.05, 3.63) is 0 Å². The Morgan fingerprint density at radius 1 is 0.286 bits per heavy atom. The molecule has 54 valence electrons. The van der Waals surface area contributed by atoms with Gasteiger partial charge in [-0.2, -0.15) is 0 Å². The van der Waals surface area contributed by atoms with Crippen LogP contribution in [-0.2, 0) is 21.1 Å². The third-order valence-electron chi connectivity index (χ3n) is 0. The molecule has 0 aromatic rings. The molecule has 0 aliphatic carbocycles. The Morgan fingerprint density at radius 2 is 0.286 bits per heavy atom. The van der Waals surface area contributed by atoms with Gasteiger partial charge in [0.2, 0.25) is 0 Å². The fourth-order valence-electron chi connectivity index (χ4n) is 0. The van der Waals surface area contributed by atoms with Gasteiger partial charge in [-0.05, 0) is 0 Å². The van der Waals surface area contributed by atoms with Crippen LogP contribution in [0.5, 0.6) is 0 Å². The molecule has 7 heavy (non-hydrogen) atoms. The van der Waals surface area contributed by atoms with Crippen molar-refractivity contribution in [2.45, 2.75) is 0 Å². The van der Waals surface area contributed by atoms with Crippen LogP contribution >= 0.6 is 0 Å². The summed E-state index contributed by atoms with van der Waals surface area (Å²) in [5.74, 6) is 0. The van der Waals surface area contributed by atoms with Gasteiger partial charge in [0.25, 0.3) is 0 Å². The molecule has 0 rings (SSSR count). The second-order valence-electron chi connectivity index (χ2n) is 0. The van der Waals surface area contributed by atoms with Crippen LogP contribution in [0.4, 0.5) is 0 Å². The van der Waals surface area contributed by atoms with Crippen LogP contribution in [0.1, 0.15) is 0 Å². The minimum Gasteiger partial charge on any atom is -0.412 e. The molecule has 0 saturated carbocycles. The van der Waals surface area contributed by atoms with Gasteiger partial charge in [0.05, 0.1) is 0 Å². The second kappa shape index (κ2) is 952. The molecule has 6 nitrogen and oxygen atoms in total. The number of hydrogen-bond donors (Lipinski definition) is 0. The summed E-state index contributed by atoms with van der Waals surface area (Å²) in [4.78, 5) is 0. The molecule has 0 atom stereocenters. The van der Waals surface area contributed by atoms with E-state index in [1.807, 2.05) is 0 Å². The van der Waals surface area contributed by atoms with Gasteiger partial charge in [0.15, 0.2) is 0 Å².